The molecule has 1 aromatic carbocycles. The van der Waals surface area contributed by atoms with Gasteiger partial charge in [0.15, 0.2) is 0 Å². The maximum atomic E-state index is 13.3. The van der Waals surface area contributed by atoms with Crippen molar-refractivity contribution in [3.63, 3.8) is 0 Å². The first-order valence-corrected chi connectivity index (χ1v) is 10.3. The Morgan fingerprint density at radius 3 is 2.44 bits per heavy atom. The molecule has 0 amide bonds. The predicted molar refractivity (Wildman–Crippen MR) is 105 cm³/mol. The fraction of sp³-hybridized carbons (Fsp3) is 0.545. The molecule has 0 radical (unpaired) electrons. The van der Waals surface area contributed by atoms with Gasteiger partial charge in [-0.2, -0.15) is 0 Å². The van der Waals surface area contributed by atoms with Gasteiger partial charge < -0.3 is 5.11 Å². The highest BCUT2D eigenvalue weighted by molar-refractivity contribution is 5.38. The fourth-order valence-electron chi connectivity index (χ4n) is 3.88. The lowest BCUT2D eigenvalue weighted by atomic mass is 10.0. The molecule has 1 aromatic heterocycles. The molecule has 1 atom stereocenters. The lowest BCUT2D eigenvalue weighted by Crippen LogP contribution is -2.46. The summed E-state index contributed by atoms with van der Waals surface area (Å²) in [6.07, 6.45) is 13.6. The quantitative estimate of drug-likeness (QED) is 0.499. The summed E-state index contributed by atoms with van der Waals surface area (Å²) in [5.74, 6) is 0.477. The smallest absolute Gasteiger partial charge is 0.353 e. The van der Waals surface area contributed by atoms with Gasteiger partial charge in [-0.25, -0.2) is 13.9 Å². The number of rotatable bonds is 10. The van der Waals surface area contributed by atoms with Crippen LogP contribution >= 0.6 is 0 Å². The fourth-order valence-corrected chi connectivity index (χ4v) is 3.88. The Morgan fingerprint density at radius 2 is 1.74 bits per heavy atom. The van der Waals surface area contributed by atoms with Gasteiger partial charge in [0.2, 0.25) is 5.72 Å². The monoisotopic (exact) mass is 372 g/mol. The average Bonchev–Trinajstić information content (AvgIpc) is 2.97. The highest BCUT2D eigenvalue weighted by Crippen LogP contribution is 2.34. The number of halogens is 1. The molecule has 2 heterocycles. The molecule has 5 heteroatoms. The largest absolute Gasteiger partial charge is 0.396 e. The highest BCUT2D eigenvalue weighted by Gasteiger charge is 2.51. The second-order valence-electron chi connectivity index (χ2n) is 7.50. The number of anilines is 1. The lowest BCUT2D eigenvalue weighted by molar-refractivity contribution is -0.685. The van der Waals surface area contributed by atoms with Crippen molar-refractivity contribution in [2.45, 2.75) is 70.6 Å². The van der Waals surface area contributed by atoms with E-state index in [1.165, 1.54) is 50.7 Å². The number of hydrogen-bond donors (Lipinski definition) is 1. The maximum Gasteiger partial charge on any atom is 0.396 e. The third-order valence-corrected chi connectivity index (χ3v) is 5.42. The summed E-state index contributed by atoms with van der Waals surface area (Å²) in [5, 5.41) is 11.5. The molecule has 146 valence electrons. The number of unbranched alkanes of at least 4 members (excludes halogenated alkanes) is 7. The second-order valence-corrected chi connectivity index (χ2v) is 7.50. The zero-order valence-electron chi connectivity index (χ0n) is 16.3. The molecule has 27 heavy (non-hydrogen) atoms. The summed E-state index contributed by atoms with van der Waals surface area (Å²) >= 11 is 0. The Kier molecular flexibility index (Phi) is 6.78. The maximum absolute atomic E-state index is 13.3. The molecule has 0 bridgehead atoms. The van der Waals surface area contributed by atoms with Gasteiger partial charge in [-0.15, -0.1) is 0 Å². The molecule has 0 fully saturated rings. The third-order valence-electron chi connectivity index (χ3n) is 5.42. The van der Waals surface area contributed by atoms with E-state index in [0.29, 0.717) is 12.1 Å². The van der Waals surface area contributed by atoms with Gasteiger partial charge in [0, 0.05) is 11.6 Å². The third kappa shape index (κ3) is 4.64. The summed E-state index contributed by atoms with van der Waals surface area (Å²) in [7, 11) is 0. The van der Waals surface area contributed by atoms with Crippen LogP contribution in [0.5, 0.6) is 0 Å². The number of hydrogen-bond acceptors (Lipinski definition) is 3. The zero-order valence-corrected chi connectivity index (χ0v) is 16.3. The summed E-state index contributed by atoms with van der Waals surface area (Å²) in [4.78, 5) is 6.45. The van der Waals surface area contributed by atoms with Gasteiger partial charge >= 0.3 is 5.95 Å². The van der Waals surface area contributed by atoms with Crippen LogP contribution in [0.3, 0.4) is 0 Å². The van der Waals surface area contributed by atoms with Gasteiger partial charge in [-0.1, -0.05) is 56.9 Å². The highest BCUT2D eigenvalue weighted by atomic mass is 19.1. The van der Waals surface area contributed by atoms with E-state index in [1.807, 2.05) is 21.7 Å². The van der Waals surface area contributed by atoms with Crippen LogP contribution in [0.1, 0.15) is 63.9 Å². The Hall–Kier alpha value is -2.01. The van der Waals surface area contributed by atoms with Crippen molar-refractivity contribution >= 4 is 5.95 Å². The SMILES string of the molecule is CCCCCCCCCCN1c2nccc[n+]2C[C@@]1(O)c1ccc(F)cc1. The average molecular weight is 373 g/mol. The molecule has 0 saturated carbocycles. The van der Waals surface area contributed by atoms with Crippen LogP contribution in [-0.2, 0) is 12.3 Å². The van der Waals surface area contributed by atoms with E-state index in [2.05, 4.69) is 11.9 Å². The van der Waals surface area contributed by atoms with Crippen molar-refractivity contribution < 1.29 is 14.1 Å². The van der Waals surface area contributed by atoms with Gasteiger partial charge in [0.25, 0.3) is 0 Å². The molecule has 2 aromatic rings. The molecule has 1 N–H and O–H groups in total. The second kappa shape index (κ2) is 9.27. The van der Waals surface area contributed by atoms with Crippen LogP contribution in [0.4, 0.5) is 10.3 Å². The summed E-state index contributed by atoms with van der Waals surface area (Å²) in [6.45, 7) is 3.38. The standard InChI is InChI=1S/C22H31FN3O/c1-2-3-4-5-6-7-8-9-17-26-21-24-15-10-16-25(21)18-22(26,27)19-11-13-20(23)14-12-19/h10-16,27H,2-9,17-18H2,1H3/q+1/t22-/m1/s1. The molecule has 0 aliphatic carbocycles. The summed E-state index contributed by atoms with van der Waals surface area (Å²) in [6, 6.07) is 8.02. The molecular formula is C22H31FN3O+. The van der Waals surface area contributed by atoms with Crippen molar-refractivity contribution in [2.75, 3.05) is 11.4 Å². The van der Waals surface area contributed by atoms with Crippen molar-refractivity contribution in [1.29, 1.82) is 0 Å². The van der Waals surface area contributed by atoms with Crippen LogP contribution in [0.2, 0.25) is 0 Å². The molecule has 0 saturated heterocycles. The topological polar surface area (TPSA) is 40.2 Å². The molecule has 4 nitrogen and oxygen atoms in total. The van der Waals surface area contributed by atoms with Gasteiger partial charge in [0.1, 0.15) is 18.6 Å². The van der Waals surface area contributed by atoms with E-state index in [4.69, 9.17) is 0 Å². The van der Waals surface area contributed by atoms with Gasteiger partial charge in [-0.05, 0) is 30.7 Å². The molecular weight excluding hydrogens is 341 g/mol. The molecule has 3 rings (SSSR count). The molecule has 1 aliphatic rings. The first-order valence-electron chi connectivity index (χ1n) is 10.3. The minimum absolute atomic E-state index is 0.293. The Balaban J connectivity index is 1.63. The van der Waals surface area contributed by atoms with Gasteiger partial charge in [0.05, 0.1) is 12.7 Å². The summed E-state index contributed by atoms with van der Waals surface area (Å²) in [5.41, 5.74) is -0.482. The first-order chi connectivity index (χ1) is 13.1. The zero-order chi connectivity index (χ0) is 19.1. The molecule has 0 spiro atoms. The van der Waals surface area contributed by atoms with E-state index in [-0.39, 0.29) is 5.82 Å². The molecule has 0 unspecified atom stereocenters. The Bertz CT molecular complexity index is 722. The minimum Gasteiger partial charge on any atom is -0.353 e. The van der Waals surface area contributed by atoms with E-state index in [9.17, 15) is 9.50 Å². The summed E-state index contributed by atoms with van der Waals surface area (Å²) < 4.78 is 15.3. The molecule has 1 aliphatic heterocycles. The Labute approximate surface area is 161 Å². The van der Waals surface area contributed by atoms with E-state index in [1.54, 1.807) is 18.3 Å². The van der Waals surface area contributed by atoms with Crippen LogP contribution in [0, 0.1) is 5.82 Å². The van der Waals surface area contributed by atoms with Crippen LogP contribution in [-0.4, -0.2) is 16.6 Å². The van der Waals surface area contributed by atoms with E-state index < -0.39 is 5.72 Å². The van der Waals surface area contributed by atoms with Crippen molar-refractivity contribution in [1.82, 2.24) is 4.98 Å². The van der Waals surface area contributed by atoms with Crippen LogP contribution in [0.15, 0.2) is 42.7 Å². The van der Waals surface area contributed by atoms with Crippen molar-refractivity contribution in [3.8, 4) is 0 Å². The number of aromatic nitrogens is 2. The predicted octanol–water partition coefficient (Wildman–Crippen LogP) is 4.31. The van der Waals surface area contributed by atoms with E-state index in [0.717, 1.165) is 25.3 Å². The van der Waals surface area contributed by atoms with Gasteiger partial charge in [-0.3, -0.25) is 0 Å². The lowest BCUT2D eigenvalue weighted by Gasteiger charge is -2.28. The minimum atomic E-state index is -1.18. The van der Waals surface area contributed by atoms with E-state index >= 15 is 0 Å². The number of aliphatic hydroxyl groups is 1. The van der Waals surface area contributed by atoms with Crippen LogP contribution in [0.25, 0.3) is 0 Å². The first kappa shape index (κ1) is 19.7. The van der Waals surface area contributed by atoms with Crippen LogP contribution < -0.4 is 9.47 Å². The normalized spacial score (nSPS) is 18.7. The number of nitrogens with zero attached hydrogens (tertiary/aromatic N) is 3. The Morgan fingerprint density at radius 1 is 1.07 bits per heavy atom. The van der Waals surface area contributed by atoms with Crippen molar-refractivity contribution in [2.24, 2.45) is 0 Å². The number of fused-ring (bicyclic) bond motifs is 1. The van der Waals surface area contributed by atoms with Crippen molar-refractivity contribution in [3.05, 3.63) is 54.1 Å². The number of benzene rings is 1.